The predicted octanol–water partition coefficient (Wildman–Crippen LogP) is 4.67. The fourth-order valence-corrected chi connectivity index (χ4v) is 5.61. The smallest absolute Gasteiger partial charge is 0.262 e. The standard InChI is InChI=1S/C22H30O4/c1-13-7-6-8-18-21(13,3)10-9-14(2)22(18,4)12-15-16(23)11-17(26-5)20(25)19(15)24/h11,14,18,24H,1,6-10,12H2,2-5H3/t14-,18+,21-,22+/m0/s1. The molecular formula is C22H30O4. The minimum absolute atomic E-state index is 0.0743. The largest absolute Gasteiger partial charge is 0.504 e. The first-order chi connectivity index (χ1) is 12.1. The molecule has 4 heteroatoms. The second-order valence-electron chi connectivity index (χ2n) is 8.82. The van der Waals surface area contributed by atoms with Crippen LogP contribution >= 0.6 is 0 Å². The van der Waals surface area contributed by atoms with Gasteiger partial charge in [-0.05, 0) is 61.2 Å². The molecule has 0 saturated heterocycles. The Kier molecular flexibility index (Phi) is 4.66. The van der Waals surface area contributed by atoms with Crippen molar-refractivity contribution in [3.05, 3.63) is 35.3 Å². The zero-order valence-corrected chi connectivity index (χ0v) is 16.4. The number of rotatable bonds is 3. The molecule has 0 amide bonds. The Bertz CT molecular complexity index is 728. The number of allylic oxidation sites excluding steroid dienone is 3. The number of hydrogen-bond donors (Lipinski definition) is 1. The van der Waals surface area contributed by atoms with Crippen molar-refractivity contribution in [3.63, 3.8) is 0 Å². The van der Waals surface area contributed by atoms with Crippen molar-refractivity contribution in [2.45, 2.75) is 59.3 Å². The lowest BCUT2D eigenvalue weighted by Crippen LogP contribution is -2.50. The van der Waals surface area contributed by atoms with Crippen molar-refractivity contribution < 1.29 is 19.4 Å². The minimum Gasteiger partial charge on any atom is -0.504 e. The van der Waals surface area contributed by atoms with E-state index >= 15 is 0 Å². The first kappa shape index (κ1) is 18.9. The number of ether oxygens (including phenoxy) is 1. The van der Waals surface area contributed by atoms with E-state index in [0.717, 1.165) is 32.1 Å². The highest BCUT2D eigenvalue weighted by molar-refractivity contribution is 6.20. The molecule has 1 N–H and O–H groups in total. The number of aliphatic hydroxyl groups is 1. The number of methoxy groups -OCH3 is 1. The first-order valence-electron chi connectivity index (χ1n) is 9.60. The van der Waals surface area contributed by atoms with E-state index in [9.17, 15) is 14.7 Å². The van der Waals surface area contributed by atoms with Gasteiger partial charge in [-0.1, -0.05) is 32.9 Å². The third-order valence-electron chi connectivity index (χ3n) is 7.63. The van der Waals surface area contributed by atoms with E-state index < -0.39 is 11.5 Å². The average molecular weight is 358 g/mol. The van der Waals surface area contributed by atoms with Gasteiger partial charge in [0, 0.05) is 11.6 Å². The van der Waals surface area contributed by atoms with Crippen molar-refractivity contribution >= 4 is 11.6 Å². The van der Waals surface area contributed by atoms with E-state index in [0.29, 0.717) is 18.3 Å². The van der Waals surface area contributed by atoms with Crippen molar-refractivity contribution in [1.82, 2.24) is 0 Å². The predicted molar refractivity (Wildman–Crippen MR) is 100 cm³/mol. The van der Waals surface area contributed by atoms with Gasteiger partial charge >= 0.3 is 0 Å². The highest BCUT2D eigenvalue weighted by Crippen LogP contribution is 2.63. The molecular weight excluding hydrogens is 328 g/mol. The normalized spacial score (nSPS) is 38.2. The second kappa shape index (κ2) is 6.40. The van der Waals surface area contributed by atoms with E-state index in [1.54, 1.807) is 0 Å². The van der Waals surface area contributed by atoms with Gasteiger partial charge in [-0.25, -0.2) is 0 Å². The zero-order valence-electron chi connectivity index (χ0n) is 16.4. The summed E-state index contributed by atoms with van der Waals surface area (Å²) in [5, 5.41) is 10.4. The van der Waals surface area contributed by atoms with Crippen LogP contribution in [-0.4, -0.2) is 23.8 Å². The van der Waals surface area contributed by atoms with Crippen LogP contribution in [0.2, 0.25) is 0 Å². The summed E-state index contributed by atoms with van der Waals surface area (Å²) in [6.07, 6.45) is 7.12. The molecule has 3 rings (SSSR count). The van der Waals surface area contributed by atoms with E-state index in [1.807, 2.05) is 0 Å². The fourth-order valence-electron chi connectivity index (χ4n) is 5.61. The van der Waals surface area contributed by atoms with Crippen LogP contribution in [0.1, 0.15) is 59.3 Å². The second-order valence-corrected chi connectivity index (χ2v) is 8.82. The van der Waals surface area contributed by atoms with Gasteiger partial charge < -0.3 is 9.84 Å². The van der Waals surface area contributed by atoms with Gasteiger partial charge in [0.2, 0.25) is 0 Å². The lowest BCUT2D eigenvalue weighted by molar-refractivity contribution is -0.121. The summed E-state index contributed by atoms with van der Waals surface area (Å²) in [5.74, 6) is -0.628. The van der Waals surface area contributed by atoms with Crippen molar-refractivity contribution in [3.8, 4) is 0 Å². The number of ketones is 2. The van der Waals surface area contributed by atoms with Crippen LogP contribution in [0, 0.1) is 22.7 Å². The number of carbonyl (C=O) groups is 2. The van der Waals surface area contributed by atoms with Gasteiger partial charge in [0.1, 0.15) is 0 Å². The fraction of sp³-hybridized carbons (Fsp3) is 0.636. The third-order valence-corrected chi connectivity index (χ3v) is 7.63. The van der Waals surface area contributed by atoms with Crippen LogP contribution in [0.4, 0.5) is 0 Å². The van der Waals surface area contributed by atoms with E-state index in [4.69, 9.17) is 4.74 Å². The molecule has 0 aromatic carbocycles. The quantitative estimate of drug-likeness (QED) is 0.588. The third kappa shape index (κ3) is 2.65. The molecule has 2 fully saturated rings. The van der Waals surface area contributed by atoms with Crippen molar-refractivity contribution in [1.29, 1.82) is 0 Å². The Balaban J connectivity index is 1.99. The van der Waals surface area contributed by atoms with Gasteiger partial charge in [-0.3, -0.25) is 9.59 Å². The zero-order chi connectivity index (χ0) is 19.3. The molecule has 4 atom stereocenters. The molecule has 0 heterocycles. The highest BCUT2D eigenvalue weighted by Gasteiger charge is 2.54. The molecule has 0 aliphatic heterocycles. The van der Waals surface area contributed by atoms with Crippen LogP contribution in [-0.2, 0) is 14.3 Å². The number of aliphatic hydroxyl groups excluding tert-OH is 1. The van der Waals surface area contributed by atoms with Crippen LogP contribution < -0.4 is 0 Å². The van der Waals surface area contributed by atoms with Crippen molar-refractivity contribution in [2.24, 2.45) is 22.7 Å². The molecule has 26 heavy (non-hydrogen) atoms. The molecule has 0 bridgehead atoms. The van der Waals surface area contributed by atoms with E-state index in [2.05, 4.69) is 27.4 Å². The summed E-state index contributed by atoms with van der Waals surface area (Å²) in [6, 6.07) is 0. The Morgan fingerprint density at radius 1 is 1.31 bits per heavy atom. The number of hydrogen-bond acceptors (Lipinski definition) is 4. The van der Waals surface area contributed by atoms with Crippen LogP contribution in [0.3, 0.4) is 0 Å². The highest BCUT2D eigenvalue weighted by atomic mass is 16.5. The summed E-state index contributed by atoms with van der Waals surface area (Å²) in [4.78, 5) is 24.9. The molecule has 0 radical (unpaired) electrons. The van der Waals surface area contributed by atoms with Crippen molar-refractivity contribution in [2.75, 3.05) is 7.11 Å². The van der Waals surface area contributed by atoms with E-state index in [-0.39, 0.29) is 27.9 Å². The number of Topliss-reactive ketones (excluding diaryl/α,β-unsaturated/α-hetero) is 1. The maximum Gasteiger partial charge on any atom is 0.262 e. The molecule has 0 spiro atoms. The van der Waals surface area contributed by atoms with Gasteiger partial charge in [0.15, 0.2) is 17.3 Å². The Labute approximate surface area is 156 Å². The molecule has 142 valence electrons. The van der Waals surface area contributed by atoms with Gasteiger partial charge in [-0.15, -0.1) is 0 Å². The topological polar surface area (TPSA) is 63.6 Å². The lowest BCUT2D eigenvalue weighted by Gasteiger charge is -2.59. The Morgan fingerprint density at radius 2 is 2.00 bits per heavy atom. The van der Waals surface area contributed by atoms with E-state index in [1.165, 1.54) is 18.8 Å². The SMILES string of the molecule is C=C1CCC[C@H]2[C@](C)(CC3=C(O)C(=O)C(OC)=CC3=O)[C@@H](C)CC[C@@]12C. The van der Waals surface area contributed by atoms with Crippen LogP contribution in [0.25, 0.3) is 0 Å². The monoisotopic (exact) mass is 358 g/mol. The summed E-state index contributed by atoms with van der Waals surface area (Å²) in [7, 11) is 1.33. The average Bonchev–Trinajstić information content (AvgIpc) is 2.61. The number of fused-ring (bicyclic) bond motifs is 1. The van der Waals surface area contributed by atoms with Crippen LogP contribution in [0.5, 0.6) is 0 Å². The molecule has 3 aliphatic rings. The number of carbonyl (C=O) groups excluding carboxylic acids is 2. The summed E-state index contributed by atoms with van der Waals surface area (Å²) in [6.45, 7) is 11.1. The summed E-state index contributed by atoms with van der Waals surface area (Å²) < 4.78 is 4.93. The summed E-state index contributed by atoms with van der Waals surface area (Å²) in [5.41, 5.74) is 1.47. The molecule has 0 aromatic rings. The molecule has 4 nitrogen and oxygen atoms in total. The first-order valence-corrected chi connectivity index (χ1v) is 9.60. The Hall–Kier alpha value is -1.84. The lowest BCUT2D eigenvalue weighted by atomic mass is 9.46. The van der Waals surface area contributed by atoms with Crippen LogP contribution in [0.15, 0.2) is 35.3 Å². The van der Waals surface area contributed by atoms with Gasteiger partial charge in [0.25, 0.3) is 5.78 Å². The molecule has 0 aromatic heterocycles. The molecule has 3 aliphatic carbocycles. The molecule has 0 unspecified atom stereocenters. The summed E-state index contributed by atoms with van der Waals surface area (Å²) >= 11 is 0. The molecule has 2 saturated carbocycles. The van der Waals surface area contributed by atoms with Gasteiger partial charge in [-0.2, -0.15) is 0 Å². The van der Waals surface area contributed by atoms with Gasteiger partial charge in [0.05, 0.1) is 7.11 Å². The minimum atomic E-state index is -0.593. The Morgan fingerprint density at radius 3 is 2.65 bits per heavy atom. The maximum atomic E-state index is 12.6. The maximum absolute atomic E-state index is 12.6.